The normalized spacial score (nSPS) is 11.0. The van der Waals surface area contributed by atoms with Crippen molar-refractivity contribution in [2.75, 3.05) is 10.6 Å². The number of rotatable bonds is 4. The largest absolute Gasteiger partial charge is 0.325 e. The van der Waals surface area contributed by atoms with E-state index in [0.29, 0.717) is 11.4 Å². The minimum atomic E-state index is -1.31. The molecular weight excluding hydrogens is 295 g/mol. The highest BCUT2D eigenvalue weighted by Gasteiger charge is 2.36. The molecule has 0 aromatic heterocycles. The van der Waals surface area contributed by atoms with Crippen molar-refractivity contribution in [1.29, 1.82) is 0 Å². The van der Waals surface area contributed by atoms with Gasteiger partial charge in [-0.3, -0.25) is 9.59 Å². The SMILES string of the molecule is Cc1ccc(NC(=O)C(C)(C)C(=O)Nc2cccc(F)c2)cc1. The quantitative estimate of drug-likeness (QED) is 0.845. The molecule has 120 valence electrons. The first kappa shape index (κ1) is 16.7. The van der Waals surface area contributed by atoms with Crippen LogP contribution in [0.25, 0.3) is 0 Å². The van der Waals surface area contributed by atoms with Gasteiger partial charge in [0.1, 0.15) is 11.2 Å². The zero-order valence-electron chi connectivity index (χ0n) is 13.3. The van der Waals surface area contributed by atoms with Gasteiger partial charge in [0.2, 0.25) is 11.8 Å². The molecule has 2 N–H and O–H groups in total. The van der Waals surface area contributed by atoms with Gasteiger partial charge < -0.3 is 10.6 Å². The first-order valence-corrected chi connectivity index (χ1v) is 7.24. The standard InChI is InChI=1S/C18H19FN2O2/c1-12-7-9-14(10-8-12)20-16(22)18(2,3)17(23)21-15-6-4-5-13(19)11-15/h4-11H,1-3H3,(H,20,22)(H,21,23). The molecular formula is C18H19FN2O2. The topological polar surface area (TPSA) is 58.2 Å². The third kappa shape index (κ3) is 4.16. The van der Waals surface area contributed by atoms with E-state index in [1.54, 1.807) is 18.2 Å². The maximum Gasteiger partial charge on any atom is 0.239 e. The minimum Gasteiger partial charge on any atom is -0.325 e. The van der Waals surface area contributed by atoms with E-state index in [9.17, 15) is 14.0 Å². The summed E-state index contributed by atoms with van der Waals surface area (Å²) in [5.74, 6) is -1.40. The molecule has 0 fully saturated rings. The van der Waals surface area contributed by atoms with Crippen molar-refractivity contribution in [1.82, 2.24) is 0 Å². The summed E-state index contributed by atoms with van der Waals surface area (Å²) in [6.07, 6.45) is 0. The Morgan fingerprint density at radius 2 is 1.48 bits per heavy atom. The van der Waals surface area contributed by atoms with Crippen molar-refractivity contribution in [3.8, 4) is 0 Å². The molecule has 0 radical (unpaired) electrons. The fourth-order valence-electron chi connectivity index (χ4n) is 1.88. The zero-order valence-corrected chi connectivity index (χ0v) is 13.3. The highest BCUT2D eigenvalue weighted by molar-refractivity contribution is 6.13. The first-order valence-electron chi connectivity index (χ1n) is 7.24. The Bertz CT molecular complexity index is 724. The lowest BCUT2D eigenvalue weighted by Gasteiger charge is -2.22. The predicted molar refractivity (Wildman–Crippen MR) is 88.6 cm³/mol. The molecule has 0 aliphatic heterocycles. The Balaban J connectivity index is 2.08. The second-order valence-corrected chi connectivity index (χ2v) is 5.91. The highest BCUT2D eigenvalue weighted by Crippen LogP contribution is 2.22. The van der Waals surface area contributed by atoms with E-state index in [0.717, 1.165) is 5.56 Å². The Morgan fingerprint density at radius 1 is 0.913 bits per heavy atom. The summed E-state index contributed by atoms with van der Waals surface area (Å²) in [7, 11) is 0. The van der Waals surface area contributed by atoms with Gasteiger partial charge in [0.15, 0.2) is 0 Å². The van der Waals surface area contributed by atoms with Crippen LogP contribution in [0, 0.1) is 18.2 Å². The van der Waals surface area contributed by atoms with Gasteiger partial charge in [0.05, 0.1) is 0 Å². The third-order valence-electron chi connectivity index (χ3n) is 3.53. The van der Waals surface area contributed by atoms with E-state index in [-0.39, 0.29) is 0 Å². The number of hydrogen-bond acceptors (Lipinski definition) is 2. The van der Waals surface area contributed by atoms with Gasteiger partial charge in [-0.15, -0.1) is 0 Å². The summed E-state index contributed by atoms with van der Waals surface area (Å²) in [5.41, 5.74) is 0.696. The van der Waals surface area contributed by atoms with Crippen LogP contribution in [0.4, 0.5) is 15.8 Å². The number of carbonyl (C=O) groups excluding carboxylic acids is 2. The smallest absolute Gasteiger partial charge is 0.239 e. The number of benzene rings is 2. The zero-order chi connectivity index (χ0) is 17.0. The summed E-state index contributed by atoms with van der Waals surface area (Å²) in [5, 5.41) is 5.27. The van der Waals surface area contributed by atoms with Crippen LogP contribution in [0.3, 0.4) is 0 Å². The van der Waals surface area contributed by atoms with Crippen LogP contribution in [0.2, 0.25) is 0 Å². The summed E-state index contributed by atoms with van der Waals surface area (Å²) >= 11 is 0. The molecule has 0 aliphatic rings. The number of nitrogens with one attached hydrogen (secondary N) is 2. The molecule has 2 aromatic rings. The molecule has 0 atom stereocenters. The van der Waals surface area contributed by atoms with E-state index in [1.807, 2.05) is 19.1 Å². The lowest BCUT2D eigenvalue weighted by Crippen LogP contribution is -2.41. The van der Waals surface area contributed by atoms with Gasteiger partial charge in [-0.1, -0.05) is 23.8 Å². The summed E-state index contributed by atoms with van der Waals surface area (Å²) < 4.78 is 13.2. The van der Waals surface area contributed by atoms with Gasteiger partial charge in [0, 0.05) is 11.4 Å². The fourth-order valence-corrected chi connectivity index (χ4v) is 1.88. The number of anilines is 2. The molecule has 0 unspecified atom stereocenters. The van der Waals surface area contributed by atoms with Crippen LogP contribution in [0.5, 0.6) is 0 Å². The predicted octanol–water partition coefficient (Wildman–Crippen LogP) is 3.74. The summed E-state index contributed by atoms with van der Waals surface area (Å²) in [6, 6.07) is 12.8. The van der Waals surface area contributed by atoms with Gasteiger partial charge in [0.25, 0.3) is 0 Å². The van der Waals surface area contributed by atoms with E-state index >= 15 is 0 Å². The van der Waals surface area contributed by atoms with E-state index in [2.05, 4.69) is 10.6 Å². The molecule has 23 heavy (non-hydrogen) atoms. The van der Waals surface area contributed by atoms with Crippen LogP contribution in [-0.4, -0.2) is 11.8 Å². The number of amides is 2. The highest BCUT2D eigenvalue weighted by atomic mass is 19.1. The van der Waals surface area contributed by atoms with Crippen LogP contribution >= 0.6 is 0 Å². The third-order valence-corrected chi connectivity index (χ3v) is 3.53. The molecule has 0 saturated heterocycles. The molecule has 0 heterocycles. The Labute approximate surface area is 134 Å². The number of halogens is 1. The van der Waals surface area contributed by atoms with Gasteiger partial charge in [-0.25, -0.2) is 4.39 Å². The van der Waals surface area contributed by atoms with Crippen LogP contribution in [0.1, 0.15) is 19.4 Å². The second kappa shape index (κ2) is 6.60. The van der Waals surface area contributed by atoms with Crippen molar-refractivity contribution >= 4 is 23.2 Å². The molecule has 0 saturated carbocycles. The second-order valence-electron chi connectivity index (χ2n) is 5.91. The number of carbonyl (C=O) groups is 2. The molecule has 0 bridgehead atoms. The van der Waals surface area contributed by atoms with Gasteiger partial charge in [-0.05, 0) is 51.1 Å². The summed E-state index contributed by atoms with van der Waals surface area (Å²) in [6.45, 7) is 4.98. The maximum atomic E-state index is 13.2. The first-order chi connectivity index (χ1) is 10.8. The van der Waals surface area contributed by atoms with Crippen molar-refractivity contribution in [2.45, 2.75) is 20.8 Å². The molecule has 0 spiro atoms. The molecule has 4 nitrogen and oxygen atoms in total. The average molecular weight is 314 g/mol. The van der Waals surface area contributed by atoms with Crippen molar-refractivity contribution < 1.29 is 14.0 Å². The number of aryl methyl sites for hydroxylation is 1. The van der Waals surface area contributed by atoms with Gasteiger partial charge in [-0.2, -0.15) is 0 Å². The van der Waals surface area contributed by atoms with Crippen LogP contribution in [0.15, 0.2) is 48.5 Å². The molecule has 0 aliphatic carbocycles. The fraction of sp³-hybridized carbons (Fsp3) is 0.222. The Hall–Kier alpha value is -2.69. The molecule has 2 aromatic carbocycles. The lowest BCUT2D eigenvalue weighted by molar-refractivity contribution is -0.135. The van der Waals surface area contributed by atoms with Crippen molar-refractivity contribution in [2.24, 2.45) is 5.41 Å². The Kier molecular flexibility index (Phi) is 4.79. The van der Waals surface area contributed by atoms with Crippen LogP contribution < -0.4 is 10.6 Å². The minimum absolute atomic E-state index is 0.311. The lowest BCUT2D eigenvalue weighted by atomic mass is 9.90. The number of hydrogen-bond donors (Lipinski definition) is 2. The van der Waals surface area contributed by atoms with E-state index in [1.165, 1.54) is 32.0 Å². The van der Waals surface area contributed by atoms with Crippen molar-refractivity contribution in [3.05, 3.63) is 59.9 Å². The van der Waals surface area contributed by atoms with Crippen molar-refractivity contribution in [3.63, 3.8) is 0 Å². The average Bonchev–Trinajstić information content (AvgIpc) is 2.49. The summed E-state index contributed by atoms with van der Waals surface area (Å²) in [4.78, 5) is 24.7. The molecule has 2 rings (SSSR count). The van der Waals surface area contributed by atoms with Crippen LogP contribution in [-0.2, 0) is 9.59 Å². The Morgan fingerprint density at radius 3 is 2.04 bits per heavy atom. The van der Waals surface area contributed by atoms with Gasteiger partial charge >= 0.3 is 0 Å². The molecule has 2 amide bonds. The maximum absolute atomic E-state index is 13.2. The van der Waals surface area contributed by atoms with E-state index < -0.39 is 23.0 Å². The molecule has 5 heteroatoms. The monoisotopic (exact) mass is 314 g/mol. The van der Waals surface area contributed by atoms with E-state index in [4.69, 9.17) is 0 Å².